The first kappa shape index (κ1) is 101. The van der Waals surface area contributed by atoms with Gasteiger partial charge in [-0.15, -0.1) is 0 Å². The third-order valence-electron chi connectivity index (χ3n) is 10.2. The quantitative estimate of drug-likeness (QED) is 0.00881. The lowest BCUT2D eigenvalue weighted by Gasteiger charge is -2.13. The van der Waals surface area contributed by atoms with Crippen LogP contribution in [0, 0.1) is 0 Å². The van der Waals surface area contributed by atoms with E-state index in [0.29, 0.717) is 74.4 Å². The van der Waals surface area contributed by atoms with Crippen LogP contribution in [0.15, 0.2) is 51.1 Å². The predicted octanol–water partition coefficient (Wildman–Crippen LogP) is 11.8. The number of carboxylic acid groups (broad SMARTS) is 1. The summed E-state index contributed by atoms with van der Waals surface area (Å²) in [7, 11) is 26.2. The lowest BCUT2D eigenvalue weighted by atomic mass is 10.1. The number of allylic oxidation sites excluding steroid dienone is 1. The highest BCUT2D eigenvalue weighted by Crippen LogP contribution is 2.26. The van der Waals surface area contributed by atoms with Crippen molar-refractivity contribution in [2.24, 2.45) is 20.1 Å². The smallest absolute Gasteiger partial charge is 0.326 e. The summed E-state index contributed by atoms with van der Waals surface area (Å²) in [4.78, 5) is 125. The SMILES string of the molecule is C=CC(=O)CCCSSCC(=O)NC(CCC(=O)CN=C)C(=O)O.C=NCC(=O)CCSSCCCC.C=NCC(=O)CCSSCCCC(=O)c1ccc(NN=C)nc1.CNCCSSCC(C)=O.CNCCSSCCC(C)=O.CNCCSSCCOCCC(C)=O. The molecule has 34 heteroatoms. The Hall–Kier alpha value is -2.29. The van der Waals surface area contributed by atoms with Gasteiger partial charge < -0.3 is 31.1 Å². The van der Waals surface area contributed by atoms with Gasteiger partial charge in [-0.2, -0.15) is 5.10 Å². The Bertz CT molecular complexity index is 2220. The Kier molecular flexibility index (Phi) is 87.9. The second-order valence-electron chi connectivity index (χ2n) is 18.9. The molecule has 1 rings (SSSR count). The fraction of sp³-hybridized carbons (Fsp3) is 0.656. The first-order chi connectivity index (χ1) is 45.7. The van der Waals surface area contributed by atoms with E-state index in [1.165, 1.54) is 52.5 Å². The van der Waals surface area contributed by atoms with Crippen LogP contribution in [0.25, 0.3) is 0 Å². The maximum Gasteiger partial charge on any atom is 0.326 e. The topological polar surface area (TPSA) is 323 Å². The maximum atomic E-state index is 12.0. The van der Waals surface area contributed by atoms with E-state index in [4.69, 9.17) is 9.84 Å². The Balaban J connectivity index is -0.000000353. The van der Waals surface area contributed by atoms with Crippen molar-refractivity contribution in [3.63, 3.8) is 0 Å². The molecule has 0 saturated heterocycles. The first-order valence-electron chi connectivity index (χ1n) is 30.4. The summed E-state index contributed by atoms with van der Waals surface area (Å²) in [5, 5.41) is 24.2. The van der Waals surface area contributed by atoms with Crippen molar-refractivity contribution in [1.82, 2.24) is 26.3 Å². The molecule has 0 aliphatic carbocycles. The van der Waals surface area contributed by atoms with Crippen LogP contribution in [-0.4, -0.2) is 244 Å². The normalized spacial score (nSPS) is 10.4. The fourth-order valence-corrected chi connectivity index (χ4v) is 17.6. The van der Waals surface area contributed by atoms with Crippen molar-refractivity contribution in [2.75, 3.05) is 148 Å². The Morgan fingerprint density at radius 2 is 0.989 bits per heavy atom. The minimum Gasteiger partial charge on any atom is -0.480 e. The number of Topliss-reactive ketones (excluding diaryl/α,β-unsaturated/α-hetero) is 7. The number of carbonyl (C=O) groups is 10. The lowest BCUT2D eigenvalue weighted by Crippen LogP contribution is -2.41. The van der Waals surface area contributed by atoms with Crippen molar-refractivity contribution in [2.45, 2.75) is 111 Å². The number of ether oxygens (including phenoxy) is 1. The van der Waals surface area contributed by atoms with Crippen LogP contribution in [0.4, 0.5) is 5.82 Å². The second kappa shape index (κ2) is 82.4. The molecule has 0 fully saturated rings. The van der Waals surface area contributed by atoms with Crippen molar-refractivity contribution in [1.29, 1.82) is 0 Å². The van der Waals surface area contributed by atoms with E-state index in [9.17, 15) is 47.9 Å². The number of hydrazone groups is 1. The average molecular weight is 1560 g/mol. The molecule has 0 bridgehead atoms. The number of nitrogens with zero attached hydrogens (tertiary/aromatic N) is 5. The van der Waals surface area contributed by atoms with Crippen molar-refractivity contribution < 1.29 is 57.8 Å². The van der Waals surface area contributed by atoms with E-state index >= 15 is 0 Å². The third kappa shape index (κ3) is 87.8. The molecule has 1 unspecified atom stereocenters. The van der Waals surface area contributed by atoms with Crippen LogP contribution in [0.5, 0.6) is 0 Å². The van der Waals surface area contributed by atoms with Crippen LogP contribution >= 0.6 is 130 Å². The molecule has 0 radical (unpaired) electrons. The third-order valence-corrected chi connectivity index (χ3v) is 24.7. The predicted molar refractivity (Wildman–Crippen MR) is 430 cm³/mol. The van der Waals surface area contributed by atoms with E-state index in [-0.39, 0.29) is 84.5 Å². The highest BCUT2D eigenvalue weighted by atomic mass is 33.1. The monoisotopic (exact) mass is 1550 g/mol. The van der Waals surface area contributed by atoms with Crippen LogP contribution in [0.1, 0.15) is 115 Å². The molecule has 1 heterocycles. The summed E-state index contributed by atoms with van der Waals surface area (Å²) in [5.74, 6) is 10.3. The molecule has 0 saturated carbocycles. The minimum absolute atomic E-state index is 0.0103. The molecule has 1 aromatic heterocycles. The molecule has 0 aromatic carbocycles. The molecule has 1 aromatic rings. The van der Waals surface area contributed by atoms with Crippen molar-refractivity contribution in [3.8, 4) is 0 Å². The summed E-state index contributed by atoms with van der Waals surface area (Å²) in [6, 6.07) is 2.33. The minimum atomic E-state index is -1.18. The van der Waals surface area contributed by atoms with E-state index in [2.05, 4.69) is 92.1 Å². The second-order valence-corrected chi connectivity index (χ2v) is 34.9. The number of nitrogens with one attached hydrogen (secondary N) is 5. The van der Waals surface area contributed by atoms with E-state index < -0.39 is 17.9 Å². The van der Waals surface area contributed by atoms with Gasteiger partial charge in [0.05, 0.1) is 44.4 Å². The molecule has 95 heavy (non-hydrogen) atoms. The van der Waals surface area contributed by atoms with Gasteiger partial charge in [-0.05, 0) is 106 Å². The molecule has 1 atom stereocenters. The molecular weight excluding hydrogens is 1450 g/mol. The number of pyridine rings is 1. The molecular formula is C61H106N10O12S12. The largest absolute Gasteiger partial charge is 0.480 e. The number of anilines is 1. The number of carbonyl (C=O) groups excluding carboxylic acids is 9. The first-order valence-corrected chi connectivity index (χ1v) is 45.3. The van der Waals surface area contributed by atoms with Gasteiger partial charge in [-0.3, -0.25) is 63.6 Å². The fourth-order valence-electron chi connectivity index (χ4n) is 5.31. The van der Waals surface area contributed by atoms with Crippen LogP contribution in [0.3, 0.4) is 0 Å². The Labute approximate surface area is 614 Å². The number of rotatable bonds is 60. The van der Waals surface area contributed by atoms with E-state index in [1.54, 1.807) is 97.7 Å². The molecule has 0 aliphatic heterocycles. The van der Waals surface area contributed by atoms with Gasteiger partial charge in [-0.25, -0.2) is 9.78 Å². The Morgan fingerprint density at radius 1 is 0.537 bits per heavy atom. The molecule has 1 amide bonds. The number of carboxylic acids is 1. The number of ketones is 8. The zero-order chi connectivity index (χ0) is 72.2. The molecule has 22 nitrogen and oxygen atoms in total. The summed E-state index contributed by atoms with van der Waals surface area (Å²) >= 11 is 0. The summed E-state index contributed by atoms with van der Waals surface area (Å²) in [6.45, 7) is 28.3. The number of aliphatic imine (C=N–C) groups is 3. The Morgan fingerprint density at radius 3 is 1.44 bits per heavy atom. The molecule has 6 N–H and O–H groups in total. The summed E-state index contributed by atoms with van der Waals surface area (Å²) in [6.07, 6.45) is 10.2. The standard InChI is InChI=1S/C15H20N4O2S2.C15H22N2O5S2.C9H19NO2S2.C9H17NOS2.C7H15NOS2.C6H13NOS2/c1-16-11-13(20)7-9-23-22-8-3-4-14(21)12-5-6-15(18-10-12)19-17-2;1-3-11(18)5-4-8-23-24-10-14(20)17-13(15(21)22)7-6-12(19)9-16-2;1-9(11)3-5-12-6-8-14-13-7-4-10-2;1-3-4-6-12-13-7-5-9(11)8-10-2;1-7(9)3-5-10-11-6-4-8-2;1-6(8)5-10-9-4-3-7-2/h5-6,10H,1-4,7-9,11H2,(H,18,19);3,13H,1-2,4-10H2,(H,17,20)(H,21,22);10H,3-8H2,1-2H3;2-8H2,1H3;8H,3-6H2,1-2H3;7H,3-5H2,1-2H3. The van der Waals surface area contributed by atoms with Gasteiger partial charge in [0.25, 0.3) is 0 Å². The van der Waals surface area contributed by atoms with Gasteiger partial charge in [0, 0.05) is 141 Å². The summed E-state index contributed by atoms with van der Waals surface area (Å²) in [5.41, 5.74) is 3.21. The lowest BCUT2D eigenvalue weighted by molar-refractivity contribution is -0.141. The van der Waals surface area contributed by atoms with Crippen LogP contribution in [-0.2, 0) is 47.9 Å². The van der Waals surface area contributed by atoms with Crippen molar-refractivity contribution in [3.05, 3.63) is 36.5 Å². The zero-order valence-corrected chi connectivity index (χ0v) is 66.4. The maximum absolute atomic E-state index is 12.0. The number of amides is 1. The van der Waals surface area contributed by atoms with Crippen molar-refractivity contribution >= 4 is 220 Å². The zero-order valence-electron chi connectivity index (χ0n) is 56.6. The van der Waals surface area contributed by atoms with Gasteiger partial charge >= 0.3 is 5.97 Å². The van der Waals surface area contributed by atoms with E-state index in [0.717, 1.165) is 78.7 Å². The number of hydrogen-bond donors (Lipinski definition) is 6. The van der Waals surface area contributed by atoms with Crippen LogP contribution < -0.4 is 26.7 Å². The molecule has 544 valence electrons. The summed E-state index contributed by atoms with van der Waals surface area (Å²) < 4.78 is 5.28. The van der Waals surface area contributed by atoms with E-state index in [1.807, 2.05) is 64.3 Å². The number of unbranched alkanes of at least 4 members (excludes halogenated alkanes) is 1. The highest BCUT2D eigenvalue weighted by molar-refractivity contribution is 8.78. The molecule has 0 aliphatic rings. The van der Waals surface area contributed by atoms with Crippen LogP contribution in [0.2, 0.25) is 0 Å². The van der Waals surface area contributed by atoms with Gasteiger partial charge in [0.2, 0.25) is 5.91 Å². The highest BCUT2D eigenvalue weighted by Gasteiger charge is 2.21. The average Bonchev–Trinajstić information content (AvgIpc) is 1.09. The number of aliphatic carboxylic acids is 1. The van der Waals surface area contributed by atoms with Gasteiger partial charge in [0.1, 0.15) is 29.2 Å². The van der Waals surface area contributed by atoms with Gasteiger partial charge in [-0.1, -0.05) is 149 Å². The van der Waals surface area contributed by atoms with Gasteiger partial charge in [0.15, 0.2) is 28.9 Å². The number of aromatic nitrogens is 1. The molecule has 0 spiro atoms. The number of hydrogen-bond acceptors (Lipinski definition) is 32.